The van der Waals surface area contributed by atoms with Gasteiger partial charge in [-0.1, -0.05) is 40.7 Å². The van der Waals surface area contributed by atoms with Gasteiger partial charge in [0.25, 0.3) is 0 Å². The molecule has 1 N–H and O–H groups in total. The van der Waals surface area contributed by atoms with E-state index in [1.807, 2.05) is 13.0 Å². The van der Waals surface area contributed by atoms with Gasteiger partial charge in [0, 0.05) is 11.1 Å². The fraction of sp³-hybridized carbons (Fsp3) is 0.522. The lowest BCUT2D eigenvalue weighted by Gasteiger charge is -2.36. The first-order valence-electron chi connectivity index (χ1n) is 9.93. The number of halogens is 2. The number of hydrogen-bond donors (Lipinski definition) is 1. The van der Waals surface area contributed by atoms with Crippen molar-refractivity contribution in [3.05, 3.63) is 39.1 Å². The molecule has 1 unspecified atom stereocenters. The van der Waals surface area contributed by atoms with Gasteiger partial charge in [0.2, 0.25) is 5.83 Å². The second kappa shape index (κ2) is 8.81. The van der Waals surface area contributed by atoms with E-state index in [1.165, 1.54) is 5.57 Å². The van der Waals surface area contributed by atoms with Gasteiger partial charge in [-0.2, -0.15) is 4.39 Å². The normalized spacial score (nSPS) is 17.4. The van der Waals surface area contributed by atoms with E-state index in [-0.39, 0.29) is 17.4 Å². The van der Waals surface area contributed by atoms with Crippen molar-refractivity contribution >= 4 is 33.0 Å². The zero-order chi connectivity index (χ0) is 21.2. The first kappa shape index (κ1) is 22.7. The third-order valence-electron chi connectivity index (χ3n) is 5.60. The average Bonchev–Trinajstić information content (AvgIpc) is 2.63. The highest BCUT2D eigenvalue weighted by molar-refractivity contribution is 9.10. The smallest absolute Gasteiger partial charge is 0.365 e. The lowest BCUT2D eigenvalue weighted by atomic mass is 9.70. The Morgan fingerprint density at radius 1 is 1.36 bits per heavy atom. The molecule has 1 aliphatic rings. The molecule has 1 atom stereocenters. The summed E-state index contributed by atoms with van der Waals surface area (Å²) < 4.78 is 21.2. The van der Waals surface area contributed by atoms with Crippen molar-refractivity contribution in [2.24, 2.45) is 5.92 Å². The Balaban J connectivity index is 2.93. The maximum Gasteiger partial charge on any atom is 0.365 e. The van der Waals surface area contributed by atoms with E-state index in [1.54, 1.807) is 6.92 Å². The van der Waals surface area contributed by atoms with Crippen LogP contribution in [0.2, 0.25) is 0 Å². The number of allylic oxidation sites excluding steroid dienone is 3. The molecule has 0 spiro atoms. The Hall–Kier alpha value is -1.62. The van der Waals surface area contributed by atoms with Gasteiger partial charge >= 0.3 is 5.97 Å². The summed E-state index contributed by atoms with van der Waals surface area (Å²) in [6.45, 7) is 12.7. The van der Waals surface area contributed by atoms with E-state index in [4.69, 9.17) is 4.74 Å². The second-order valence-electron chi connectivity index (χ2n) is 7.93. The molecule has 0 fully saturated rings. The molecular formula is C23H30BrFO3. The molecule has 0 radical (unpaired) electrons. The summed E-state index contributed by atoms with van der Waals surface area (Å²) in [6.07, 6.45) is 4.43. The largest absolute Gasteiger partial charge is 0.492 e. The Morgan fingerprint density at radius 3 is 2.50 bits per heavy atom. The van der Waals surface area contributed by atoms with E-state index in [9.17, 15) is 14.3 Å². The molecule has 28 heavy (non-hydrogen) atoms. The standard InChI is InChI=1S/C23H30BrFO3/c1-7-13(4)15-10-11-23(5,6)18-16(15)12-17(21(19(18)24)28-9-3)14(8-2)20(25)22(26)27/h10,12-13H,7-9,11H2,1-6H3,(H,26,27). The minimum absolute atomic E-state index is 0.114. The fourth-order valence-electron chi connectivity index (χ4n) is 3.89. The molecule has 1 aromatic carbocycles. The summed E-state index contributed by atoms with van der Waals surface area (Å²) in [4.78, 5) is 11.3. The van der Waals surface area contributed by atoms with Crippen molar-refractivity contribution < 1.29 is 19.0 Å². The van der Waals surface area contributed by atoms with Crippen LogP contribution in [-0.2, 0) is 10.2 Å². The van der Waals surface area contributed by atoms with Crippen LogP contribution in [0.15, 0.2) is 22.4 Å². The molecule has 0 amide bonds. The Labute approximate surface area is 175 Å². The molecule has 2 rings (SSSR count). The van der Waals surface area contributed by atoms with E-state index in [0.29, 0.717) is 23.8 Å². The lowest BCUT2D eigenvalue weighted by molar-refractivity contribution is -0.134. The van der Waals surface area contributed by atoms with Crippen molar-refractivity contribution in [3.8, 4) is 5.75 Å². The van der Waals surface area contributed by atoms with E-state index >= 15 is 0 Å². The molecule has 5 heteroatoms. The molecule has 3 nitrogen and oxygen atoms in total. The summed E-state index contributed by atoms with van der Waals surface area (Å²) in [5, 5.41) is 9.24. The van der Waals surface area contributed by atoms with E-state index < -0.39 is 11.8 Å². The van der Waals surface area contributed by atoms with Gasteiger partial charge in [-0.05, 0) is 76.2 Å². The number of rotatable bonds is 7. The Bertz CT molecular complexity index is 837. The Morgan fingerprint density at radius 2 is 2.00 bits per heavy atom. The van der Waals surface area contributed by atoms with Crippen LogP contribution in [0.4, 0.5) is 4.39 Å². The summed E-state index contributed by atoms with van der Waals surface area (Å²) in [6, 6.07) is 1.94. The second-order valence-corrected chi connectivity index (χ2v) is 8.72. The maximum absolute atomic E-state index is 14.5. The van der Waals surface area contributed by atoms with Gasteiger partial charge < -0.3 is 9.84 Å². The highest BCUT2D eigenvalue weighted by atomic mass is 79.9. The fourth-order valence-corrected chi connectivity index (χ4v) is 4.97. The first-order chi connectivity index (χ1) is 13.1. The van der Waals surface area contributed by atoms with Gasteiger partial charge in [-0.3, -0.25) is 0 Å². The average molecular weight is 453 g/mol. The zero-order valence-electron chi connectivity index (χ0n) is 17.6. The van der Waals surface area contributed by atoms with Gasteiger partial charge in [0.05, 0.1) is 11.1 Å². The molecule has 0 aromatic heterocycles. The van der Waals surface area contributed by atoms with Crippen LogP contribution in [-0.4, -0.2) is 17.7 Å². The Kier molecular flexibility index (Phi) is 7.13. The van der Waals surface area contributed by atoms with Crippen molar-refractivity contribution in [2.75, 3.05) is 6.61 Å². The monoisotopic (exact) mass is 452 g/mol. The first-order valence-corrected chi connectivity index (χ1v) is 10.7. The van der Waals surface area contributed by atoms with Crippen molar-refractivity contribution in [3.63, 3.8) is 0 Å². The lowest BCUT2D eigenvalue weighted by Crippen LogP contribution is -2.24. The van der Waals surface area contributed by atoms with Crippen molar-refractivity contribution in [2.45, 2.75) is 66.2 Å². The van der Waals surface area contributed by atoms with Crippen LogP contribution in [0.1, 0.15) is 77.5 Å². The highest BCUT2D eigenvalue weighted by Gasteiger charge is 2.35. The molecule has 0 aliphatic heterocycles. The van der Waals surface area contributed by atoms with Crippen LogP contribution in [0.5, 0.6) is 5.75 Å². The van der Waals surface area contributed by atoms with E-state index in [0.717, 1.165) is 28.4 Å². The molecule has 0 saturated carbocycles. The zero-order valence-corrected chi connectivity index (χ0v) is 19.2. The van der Waals surface area contributed by atoms with Gasteiger partial charge in [0.15, 0.2) is 0 Å². The van der Waals surface area contributed by atoms with Crippen LogP contribution >= 0.6 is 15.9 Å². The number of benzene rings is 1. The molecule has 0 heterocycles. The number of aliphatic carboxylic acids is 1. The molecule has 154 valence electrons. The van der Waals surface area contributed by atoms with Crippen LogP contribution in [0.3, 0.4) is 0 Å². The minimum Gasteiger partial charge on any atom is -0.492 e. The summed E-state index contributed by atoms with van der Waals surface area (Å²) in [5.74, 6) is -1.80. The van der Waals surface area contributed by atoms with Crippen LogP contribution < -0.4 is 4.74 Å². The number of ether oxygens (including phenoxy) is 1. The van der Waals surface area contributed by atoms with Crippen molar-refractivity contribution in [1.82, 2.24) is 0 Å². The number of fused-ring (bicyclic) bond motifs is 1. The van der Waals surface area contributed by atoms with Crippen LogP contribution in [0.25, 0.3) is 11.1 Å². The predicted octanol–water partition coefficient (Wildman–Crippen LogP) is 7.13. The minimum atomic E-state index is -1.55. The number of hydrogen-bond acceptors (Lipinski definition) is 2. The third kappa shape index (κ3) is 4.05. The quantitative estimate of drug-likeness (QED) is 0.447. The molecule has 1 aliphatic carbocycles. The van der Waals surface area contributed by atoms with Crippen molar-refractivity contribution in [1.29, 1.82) is 0 Å². The summed E-state index contributed by atoms with van der Waals surface area (Å²) in [5.41, 5.74) is 3.99. The molecular weight excluding hydrogens is 423 g/mol. The SMILES string of the molecule is CCOc1c(C(CC)=C(F)C(=O)O)cc2c(c1Br)C(C)(C)CC=C2C(C)CC. The highest BCUT2D eigenvalue weighted by Crippen LogP contribution is 2.51. The molecule has 0 saturated heterocycles. The third-order valence-corrected chi connectivity index (χ3v) is 6.36. The number of carboxylic acids is 1. The molecule has 1 aromatic rings. The number of carbonyl (C=O) groups is 1. The predicted molar refractivity (Wildman–Crippen MR) is 116 cm³/mol. The topological polar surface area (TPSA) is 46.5 Å². The number of carboxylic acid groups (broad SMARTS) is 1. The van der Waals surface area contributed by atoms with Crippen LogP contribution in [0, 0.1) is 5.92 Å². The summed E-state index contributed by atoms with van der Waals surface area (Å²) >= 11 is 3.73. The molecule has 0 bridgehead atoms. The van der Waals surface area contributed by atoms with Gasteiger partial charge in [-0.25, -0.2) is 4.79 Å². The van der Waals surface area contributed by atoms with E-state index in [2.05, 4.69) is 49.7 Å². The van der Waals surface area contributed by atoms with Gasteiger partial charge in [-0.15, -0.1) is 0 Å². The maximum atomic E-state index is 14.5. The van der Waals surface area contributed by atoms with Gasteiger partial charge in [0.1, 0.15) is 5.75 Å². The summed E-state index contributed by atoms with van der Waals surface area (Å²) in [7, 11) is 0.